The summed E-state index contributed by atoms with van der Waals surface area (Å²) in [5.74, 6) is 1.11. The molecule has 0 fully saturated rings. The fourth-order valence-electron chi connectivity index (χ4n) is 2.65. The van der Waals surface area contributed by atoms with Crippen molar-refractivity contribution in [3.63, 3.8) is 0 Å². The van der Waals surface area contributed by atoms with Crippen LogP contribution in [-0.4, -0.2) is 20.4 Å². The van der Waals surface area contributed by atoms with Gasteiger partial charge in [-0.05, 0) is 19.1 Å². The largest absolute Gasteiger partial charge is 0.320 e. The Balaban J connectivity index is 2.18. The Morgan fingerprint density at radius 1 is 1.29 bits per heavy atom. The van der Waals surface area contributed by atoms with Crippen LogP contribution in [0.15, 0.2) is 42.7 Å². The maximum Gasteiger partial charge on any atom is 0.128 e. The molecule has 1 aromatic carbocycles. The van der Waals surface area contributed by atoms with Crippen LogP contribution >= 0.6 is 11.6 Å². The zero-order valence-corrected chi connectivity index (χ0v) is 12.4. The molecule has 3 rings (SSSR count). The topological polar surface area (TPSA) is 30.7 Å². The molecule has 0 saturated heterocycles. The third-order valence-electron chi connectivity index (χ3n) is 3.63. The van der Waals surface area contributed by atoms with Gasteiger partial charge in [-0.15, -0.1) is 11.6 Å². The second-order valence-corrected chi connectivity index (χ2v) is 5.28. The average molecular weight is 304 g/mol. The molecule has 1 unspecified atom stereocenters. The van der Waals surface area contributed by atoms with Crippen molar-refractivity contribution in [3.05, 3.63) is 59.9 Å². The van der Waals surface area contributed by atoms with Crippen molar-refractivity contribution in [2.45, 2.75) is 19.4 Å². The lowest BCUT2D eigenvalue weighted by Gasteiger charge is -2.18. The van der Waals surface area contributed by atoms with E-state index >= 15 is 0 Å². The van der Waals surface area contributed by atoms with Crippen LogP contribution in [0.3, 0.4) is 0 Å². The number of hydrogen-bond donors (Lipinski definition) is 0. The first kappa shape index (κ1) is 14.0. The minimum Gasteiger partial charge on any atom is -0.320 e. The lowest BCUT2D eigenvalue weighted by Crippen LogP contribution is -2.12. The number of aromatic nitrogens is 3. The van der Waals surface area contributed by atoms with Crippen LogP contribution < -0.4 is 0 Å². The van der Waals surface area contributed by atoms with Crippen molar-refractivity contribution < 1.29 is 4.39 Å². The Bertz CT molecular complexity index is 769. The predicted octanol–water partition coefficient (Wildman–Crippen LogP) is 3.96. The number of nitrogens with zero attached hydrogens (tertiary/aromatic N) is 3. The van der Waals surface area contributed by atoms with Gasteiger partial charge in [-0.1, -0.05) is 18.2 Å². The van der Waals surface area contributed by atoms with Crippen LogP contribution in [0.25, 0.3) is 11.0 Å². The molecule has 0 N–H and O–H groups in total. The number of hydrogen-bond acceptors (Lipinski definition) is 2. The quantitative estimate of drug-likeness (QED) is 0.683. The summed E-state index contributed by atoms with van der Waals surface area (Å²) >= 11 is 5.87. The summed E-state index contributed by atoms with van der Waals surface area (Å²) < 4.78 is 16.1. The van der Waals surface area contributed by atoms with Gasteiger partial charge in [0.15, 0.2) is 0 Å². The van der Waals surface area contributed by atoms with Crippen LogP contribution in [0.5, 0.6) is 0 Å². The molecule has 5 heteroatoms. The van der Waals surface area contributed by atoms with Gasteiger partial charge in [0, 0.05) is 24.1 Å². The second kappa shape index (κ2) is 5.82. The van der Waals surface area contributed by atoms with Crippen molar-refractivity contribution in [2.24, 2.45) is 0 Å². The van der Waals surface area contributed by atoms with E-state index in [1.54, 1.807) is 24.5 Å². The van der Waals surface area contributed by atoms with Gasteiger partial charge in [-0.25, -0.2) is 9.37 Å². The number of alkyl halides is 1. The molecule has 21 heavy (non-hydrogen) atoms. The molecule has 1 atom stereocenters. The molecule has 0 bridgehead atoms. The molecule has 0 aliphatic heterocycles. The highest BCUT2D eigenvalue weighted by Gasteiger charge is 2.19. The highest BCUT2D eigenvalue weighted by atomic mass is 35.5. The van der Waals surface area contributed by atoms with Gasteiger partial charge in [0.05, 0.1) is 17.8 Å². The molecule has 2 aromatic heterocycles. The van der Waals surface area contributed by atoms with Crippen molar-refractivity contribution in [2.75, 3.05) is 5.88 Å². The van der Waals surface area contributed by atoms with Gasteiger partial charge in [0.25, 0.3) is 0 Å². The zero-order valence-electron chi connectivity index (χ0n) is 11.6. The van der Waals surface area contributed by atoms with E-state index in [-0.39, 0.29) is 11.9 Å². The van der Waals surface area contributed by atoms with E-state index in [0.29, 0.717) is 17.9 Å². The predicted molar refractivity (Wildman–Crippen MR) is 82.2 cm³/mol. The molecule has 3 nitrogen and oxygen atoms in total. The molecule has 0 spiro atoms. The zero-order chi connectivity index (χ0) is 14.8. The lowest BCUT2D eigenvalue weighted by molar-refractivity contribution is 0.553. The smallest absolute Gasteiger partial charge is 0.128 e. The van der Waals surface area contributed by atoms with E-state index in [2.05, 4.69) is 9.97 Å². The second-order valence-electron chi connectivity index (χ2n) is 4.90. The number of pyridine rings is 1. The van der Waals surface area contributed by atoms with E-state index in [1.807, 2.05) is 23.6 Å². The molecule has 0 aliphatic rings. The van der Waals surface area contributed by atoms with Gasteiger partial charge < -0.3 is 4.57 Å². The van der Waals surface area contributed by atoms with Crippen molar-refractivity contribution in [1.29, 1.82) is 0 Å². The minimum atomic E-state index is -0.210. The molecule has 0 radical (unpaired) electrons. The first-order valence-electron chi connectivity index (χ1n) is 6.83. The number of imidazole rings is 1. The van der Waals surface area contributed by atoms with Crippen molar-refractivity contribution >= 4 is 22.6 Å². The van der Waals surface area contributed by atoms with Gasteiger partial charge in [-0.3, -0.25) is 4.98 Å². The van der Waals surface area contributed by atoms with Gasteiger partial charge in [0.1, 0.15) is 17.2 Å². The summed E-state index contributed by atoms with van der Waals surface area (Å²) in [6.07, 6.45) is 4.08. The van der Waals surface area contributed by atoms with Crippen molar-refractivity contribution in [3.8, 4) is 0 Å². The SMILES string of the molecule is CC(c1ccccc1F)n1c(CCCl)nc2cnccc21. The first-order chi connectivity index (χ1) is 10.2. The molecular formula is C16H15ClFN3. The highest BCUT2D eigenvalue weighted by Crippen LogP contribution is 2.27. The van der Waals surface area contributed by atoms with Gasteiger partial charge in [0.2, 0.25) is 0 Å². The van der Waals surface area contributed by atoms with Crippen LogP contribution in [0.4, 0.5) is 4.39 Å². The van der Waals surface area contributed by atoms with E-state index in [9.17, 15) is 4.39 Å². The van der Waals surface area contributed by atoms with Crippen LogP contribution in [-0.2, 0) is 6.42 Å². The van der Waals surface area contributed by atoms with E-state index in [1.165, 1.54) is 6.07 Å². The molecule has 0 aliphatic carbocycles. The maximum absolute atomic E-state index is 14.1. The highest BCUT2D eigenvalue weighted by molar-refractivity contribution is 6.17. The molecule has 3 aromatic rings. The molecule has 0 amide bonds. The summed E-state index contributed by atoms with van der Waals surface area (Å²) in [5.41, 5.74) is 2.39. The molecule has 108 valence electrons. The first-order valence-corrected chi connectivity index (χ1v) is 7.37. The Morgan fingerprint density at radius 3 is 2.86 bits per heavy atom. The number of aryl methyl sites for hydroxylation is 1. The molecule has 0 saturated carbocycles. The number of halogens is 2. The fourth-order valence-corrected chi connectivity index (χ4v) is 2.82. The summed E-state index contributed by atoms with van der Waals surface area (Å²) in [4.78, 5) is 8.67. The average Bonchev–Trinajstić information content (AvgIpc) is 2.85. The third kappa shape index (κ3) is 2.51. The monoisotopic (exact) mass is 303 g/mol. The van der Waals surface area contributed by atoms with Crippen LogP contribution in [0, 0.1) is 5.82 Å². The van der Waals surface area contributed by atoms with Crippen LogP contribution in [0.1, 0.15) is 24.4 Å². The van der Waals surface area contributed by atoms with Gasteiger partial charge in [-0.2, -0.15) is 0 Å². The Labute approximate surface area is 127 Å². The maximum atomic E-state index is 14.1. The number of benzene rings is 1. The lowest BCUT2D eigenvalue weighted by atomic mass is 10.1. The summed E-state index contributed by atoms with van der Waals surface area (Å²) in [7, 11) is 0. The standard InChI is InChI=1S/C16H15ClFN3/c1-11(12-4-2-3-5-13(12)18)21-15-7-9-19-10-14(15)20-16(21)6-8-17/h2-5,7,9-11H,6,8H2,1H3. The van der Waals surface area contributed by atoms with E-state index in [4.69, 9.17) is 11.6 Å². The van der Waals surface area contributed by atoms with E-state index in [0.717, 1.165) is 16.9 Å². The Kier molecular flexibility index (Phi) is 3.88. The third-order valence-corrected chi connectivity index (χ3v) is 3.81. The number of fused-ring (bicyclic) bond motifs is 1. The minimum absolute atomic E-state index is 0.156. The summed E-state index contributed by atoms with van der Waals surface area (Å²) in [6, 6.07) is 8.57. The van der Waals surface area contributed by atoms with E-state index < -0.39 is 0 Å². The number of rotatable bonds is 4. The van der Waals surface area contributed by atoms with Gasteiger partial charge >= 0.3 is 0 Å². The Hall–Kier alpha value is -1.94. The van der Waals surface area contributed by atoms with Crippen molar-refractivity contribution in [1.82, 2.24) is 14.5 Å². The fraction of sp³-hybridized carbons (Fsp3) is 0.250. The molecular weight excluding hydrogens is 289 g/mol. The summed E-state index contributed by atoms with van der Waals surface area (Å²) in [5, 5.41) is 0. The summed E-state index contributed by atoms with van der Waals surface area (Å²) in [6.45, 7) is 1.97. The van der Waals surface area contributed by atoms with Crippen LogP contribution in [0.2, 0.25) is 0 Å². The normalized spacial score (nSPS) is 12.7. The molecule has 2 heterocycles. The Morgan fingerprint density at radius 2 is 2.10 bits per heavy atom.